The van der Waals surface area contributed by atoms with Gasteiger partial charge in [0, 0.05) is 11.6 Å². The number of aromatic amines is 1. The number of benzene rings is 1. The molecular weight excluding hydrogens is 432 g/mol. The maximum Gasteiger partial charge on any atom is 0.400 e. The molecule has 3 heterocycles. The molecule has 9 nitrogen and oxygen atoms in total. The molecule has 5 N–H and O–H groups in total. The van der Waals surface area contributed by atoms with E-state index in [1.165, 1.54) is 24.5 Å². The number of alkyl halides is 3. The summed E-state index contributed by atoms with van der Waals surface area (Å²) in [5.41, 5.74) is 5.32. The zero-order chi connectivity index (χ0) is 22.5. The van der Waals surface area contributed by atoms with Crippen LogP contribution in [-0.2, 0) is 5.41 Å². The molecule has 13 heteroatoms. The maximum absolute atomic E-state index is 14.6. The van der Waals surface area contributed by atoms with E-state index >= 15 is 0 Å². The SMILES string of the molecule is Nc1ncnc2n[nH]c(-c3ccc(NCNc4cc(C5(C(F)(F)F)CC5)no4)c(F)c3)c12. The molecule has 0 spiro atoms. The molecule has 0 atom stereocenters. The standard InChI is InChI=1S/C19H16F4N8O/c20-10-5-9(15-14-16(24)27-8-28-17(14)30-29-15)1-2-11(10)25-7-26-13-6-12(31-32-13)18(3-4-18)19(21,22)23/h1-2,5-6,8,25-26H,3-4,7H2,(H3,24,27,28,29,30). The van der Waals surface area contributed by atoms with E-state index in [4.69, 9.17) is 10.3 Å². The fraction of sp³-hybridized carbons (Fsp3) is 0.263. The first-order chi connectivity index (χ1) is 15.3. The number of nitrogens with one attached hydrogen (secondary N) is 3. The second kappa shape index (κ2) is 7.07. The predicted octanol–water partition coefficient (Wildman–Crippen LogP) is 3.80. The molecule has 166 valence electrons. The highest BCUT2D eigenvalue weighted by Gasteiger charge is 2.66. The lowest BCUT2D eigenvalue weighted by Crippen LogP contribution is -2.28. The predicted molar refractivity (Wildman–Crippen MR) is 107 cm³/mol. The van der Waals surface area contributed by atoms with Gasteiger partial charge in [-0.05, 0) is 25.0 Å². The van der Waals surface area contributed by atoms with Crippen LogP contribution in [0.15, 0.2) is 35.1 Å². The molecule has 0 aliphatic heterocycles. The smallest absolute Gasteiger partial charge is 0.383 e. The number of fused-ring (bicyclic) bond motifs is 1. The highest BCUT2D eigenvalue weighted by Crippen LogP contribution is 2.58. The van der Waals surface area contributed by atoms with E-state index < -0.39 is 17.4 Å². The minimum Gasteiger partial charge on any atom is -0.383 e. The summed E-state index contributed by atoms with van der Waals surface area (Å²) in [6.45, 7) is -0.00229. The highest BCUT2D eigenvalue weighted by atomic mass is 19.4. The number of nitrogens with zero attached hydrogens (tertiary/aromatic N) is 4. The third-order valence-electron chi connectivity index (χ3n) is 5.47. The lowest BCUT2D eigenvalue weighted by Gasteiger charge is -2.15. The van der Waals surface area contributed by atoms with Crippen molar-refractivity contribution in [1.29, 1.82) is 0 Å². The Kier molecular flexibility index (Phi) is 4.42. The third kappa shape index (κ3) is 3.25. The number of anilines is 3. The second-order valence-corrected chi connectivity index (χ2v) is 7.44. The molecule has 0 amide bonds. The maximum atomic E-state index is 14.6. The van der Waals surface area contributed by atoms with Gasteiger partial charge >= 0.3 is 6.18 Å². The topological polar surface area (TPSA) is 131 Å². The summed E-state index contributed by atoms with van der Waals surface area (Å²) < 4.78 is 59.1. The Morgan fingerprint density at radius 3 is 2.69 bits per heavy atom. The van der Waals surface area contributed by atoms with E-state index in [1.807, 2.05) is 0 Å². The van der Waals surface area contributed by atoms with Crippen molar-refractivity contribution in [2.45, 2.75) is 24.4 Å². The molecule has 1 fully saturated rings. The molecule has 4 aromatic rings. The Morgan fingerprint density at radius 2 is 1.97 bits per heavy atom. The fourth-order valence-electron chi connectivity index (χ4n) is 3.52. The number of hydrogen-bond acceptors (Lipinski definition) is 8. The molecule has 3 aromatic heterocycles. The first-order valence-electron chi connectivity index (χ1n) is 9.55. The van der Waals surface area contributed by atoms with Crippen LogP contribution in [0.5, 0.6) is 0 Å². The van der Waals surface area contributed by atoms with E-state index in [0.29, 0.717) is 22.3 Å². The van der Waals surface area contributed by atoms with Gasteiger partial charge in [-0.1, -0.05) is 11.2 Å². The zero-order valence-electron chi connectivity index (χ0n) is 16.3. The van der Waals surface area contributed by atoms with Crippen LogP contribution in [-0.4, -0.2) is 38.2 Å². The van der Waals surface area contributed by atoms with Crippen molar-refractivity contribution in [2.75, 3.05) is 23.0 Å². The first-order valence-corrected chi connectivity index (χ1v) is 9.55. The van der Waals surface area contributed by atoms with Crippen LogP contribution < -0.4 is 16.4 Å². The third-order valence-corrected chi connectivity index (χ3v) is 5.47. The average Bonchev–Trinajstić information content (AvgIpc) is 3.24. The van der Waals surface area contributed by atoms with Gasteiger partial charge in [0.15, 0.2) is 5.65 Å². The molecule has 0 saturated heterocycles. The molecule has 1 saturated carbocycles. The van der Waals surface area contributed by atoms with Crippen LogP contribution in [0.1, 0.15) is 18.5 Å². The first kappa shape index (κ1) is 20.0. The summed E-state index contributed by atoms with van der Waals surface area (Å²) in [5, 5.41) is 16.4. The van der Waals surface area contributed by atoms with E-state index in [1.54, 1.807) is 6.07 Å². The number of H-pyrrole nitrogens is 1. The van der Waals surface area contributed by atoms with Crippen LogP contribution in [0, 0.1) is 5.82 Å². The Morgan fingerprint density at radius 1 is 1.16 bits per heavy atom. The monoisotopic (exact) mass is 448 g/mol. The van der Waals surface area contributed by atoms with Crippen LogP contribution in [0.4, 0.5) is 35.0 Å². The lowest BCUT2D eigenvalue weighted by molar-refractivity contribution is -0.161. The summed E-state index contributed by atoms with van der Waals surface area (Å²) >= 11 is 0. The van der Waals surface area contributed by atoms with Crippen LogP contribution in [0.3, 0.4) is 0 Å². The molecular formula is C19H16F4N8O. The quantitative estimate of drug-likeness (QED) is 0.259. The van der Waals surface area contributed by atoms with Gasteiger partial charge in [0.1, 0.15) is 29.1 Å². The summed E-state index contributed by atoms with van der Waals surface area (Å²) in [7, 11) is 0. The summed E-state index contributed by atoms with van der Waals surface area (Å²) in [5.74, 6) is -0.287. The number of aromatic nitrogens is 5. The van der Waals surface area contributed by atoms with Crippen molar-refractivity contribution < 1.29 is 22.1 Å². The highest BCUT2D eigenvalue weighted by molar-refractivity contribution is 5.97. The van der Waals surface area contributed by atoms with Gasteiger partial charge in [-0.3, -0.25) is 5.10 Å². The average molecular weight is 448 g/mol. The van der Waals surface area contributed by atoms with Crippen molar-refractivity contribution in [3.8, 4) is 11.3 Å². The molecule has 0 unspecified atom stereocenters. The van der Waals surface area contributed by atoms with E-state index in [-0.39, 0.29) is 42.6 Å². The van der Waals surface area contributed by atoms with Crippen molar-refractivity contribution in [1.82, 2.24) is 25.3 Å². The van der Waals surface area contributed by atoms with Gasteiger partial charge in [0.25, 0.3) is 0 Å². The van der Waals surface area contributed by atoms with Gasteiger partial charge in [0.05, 0.1) is 23.4 Å². The fourth-order valence-corrected chi connectivity index (χ4v) is 3.52. The zero-order valence-corrected chi connectivity index (χ0v) is 16.3. The van der Waals surface area contributed by atoms with Crippen molar-refractivity contribution in [3.05, 3.63) is 42.1 Å². The molecule has 32 heavy (non-hydrogen) atoms. The van der Waals surface area contributed by atoms with Crippen molar-refractivity contribution >= 4 is 28.4 Å². The summed E-state index contributed by atoms with van der Waals surface area (Å²) in [6, 6.07) is 5.66. The van der Waals surface area contributed by atoms with Crippen molar-refractivity contribution in [2.24, 2.45) is 0 Å². The number of halogens is 4. The number of hydrogen-bond donors (Lipinski definition) is 4. The Labute approximate surface area is 177 Å². The van der Waals surface area contributed by atoms with Gasteiger partial charge in [0.2, 0.25) is 5.88 Å². The largest absolute Gasteiger partial charge is 0.400 e. The second-order valence-electron chi connectivity index (χ2n) is 7.44. The Balaban J connectivity index is 1.26. The number of nitrogen functional groups attached to an aromatic ring is 1. The van der Waals surface area contributed by atoms with Gasteiger partial charge < -0.3 is 20.9 Å². The van der Waals surface area contributed by atoms with Gasteiger partial charge in [-0.15, -0.1) is 0 Å². The van der Waals surface area contributed by atoms with E-state index in [0.717, 1.165) is 0 Å². The van der Waals surface area contributed by atoms with Crippen molar-refractivity contribution in [3.63, 3.8) is 0 Å². The Hall–Kier alpha value is -3.90. The number of nitrogens with two attached hydrogens (primary N) is 1. The lowest BCUT2D eigenvalue weighted by atomic mass is 10.0. The molecule has 5 rings (SSSR count). The molecule has 1 aliphatic rings. The normalized spacial score (nSPS) is 15.1. The van der Waals surface area contributed by atoms with E-state index in [9.17, 15) is 17.6 Å². The summed E-state index contributed by atoms with van der Waals surface area (Å²) in [6.07, 6.45) is -3.11. The minimum absolute atomic E-state index is 0.00229. The van der Waals surface area contributed by atoms with Crippen LogP contribution in [0.25, 0.3) is 22.3 Å². The minimum atomic E-state index is -4.37. The van der Waals surface area contributed by atoms with Crippen LogP contribution in [0.2, 0.25) is 0 Å². The molecule has 0 bridgehead atoms. The molecule has 1 aliphatic carbocycles. The molecule has 1 aromatic carbocycles. The van der Waals surface area contributed by atoms with Gasteiger partial charge in [-0.2, -0.15) is 18.3 Å². The Bertz CT molecular complexity index is 1290. The molecule has 0 radical (unpaired) electrons. The number of rotatable bonds is 6. The van der Waals surface area contributed by atoms with Crippen LogP contribution >= 0.6 is 0 Å². The summed E-state index contributed by atoms with van der Waals surface area (Å²) in [4.78, 5) is 7.93. The van der Waals surface area contributed by atoms with E-state index in [2.05, 4.69) is 36.0 Å². The van der Waals surface area contributed by atoms with Gasteiger partial charge in [-0.25, -0.2) is 14.4 Å².